The van der Waals surface area contributed by atoms with Crippen LogP contribution >= 0.6 is 0 Å². The van der Waals surface area contributed by atoms with E-state index in [1.807, 2.05) is 18.2 Å². The van der Waals surface area contributed by atoms with Gasteiger partial charge in [-0.25, -0.2) is 4.79 Å². The van der Waals surface area contributed by atoms with E-state index in [0.29, 0.717) is 32.6 Å². The predicted molar refractivity (Wildman–Crippen MR) is 97.9 cm³/mol. The molecule has 1 aliphatic rings. The third kappa shape index (κ3) is 4.87. The average molecular weight is 347 g/mol. The summed E-state index contributed by atoms with van der Waals surface area (Å²) in [5, 5.41) is 5.78. The van der Waals surface area contributed by atoms with Gasteiger partial charge in [-0.1, -0.05) is 32.0 Å². The highest BCUT2D eigenvalue weighted by atomic mass is 16.5. The van der Waals surface area contributed by atoms with Crippen molar-refractivity contribution >= 4 is 11.9 Å². The summed E-state index contributed by atoms with van der Waals surface area (Å²) in [6, 6.07) is 7.95. The largest absolute Gasteiger partial charge is 0.496 e. The van der Waals surface area contributed by atoms with E-state index in [0.717, 1.165) is 18.6 Å². The van der Waals surface area contributed by atoms with E-state index in [1.165, 1.54) is 5.56 Å². The fraction of sp³-hybridized carbons (Fsp3) is 0.579. The molecule has 1 aromatic carbocycles. The standard InChI is InChI=1S/C19H29N3O3/c1-4-19(2,15-7-5-6-8-16(15)25-3)10-11-21-18(24)22-13-9-17(23)20-12-14-22/h5-8H,4,9-14H2,1-3H3,(H,20,23)(H,21,24). The van der Waals surface area contributed by atoms with Gasteiger partial charge in [-0.2, -0.15) is 0 Å². The van der Waals surface area contributed by atoms with Gasteiger partial charge in [0.25, 0.3) is 0 Å². The van der Waals surface area contributed by atoms with E-state index in [2.05, 4.69) is 30.5 Å². The maximum atomic E-state index is 12.3. The van der Waals surface area contributed by atoms with Gasteiger partial charge in [0, 0.05) is 38.2 Å². The molecule has 25 heavy (non-hydrogen) atoms. The number of carbonyl (C=O) groups is 2. The Morgan fingerprint density at radius 3 is 2.84 bits per heavy atom. The molecule has 0 aliphatic carbocycles. The molecule has 138 valence electrons. The fourth-order valence-corrected chi connectivity index (χ4v) is 3.17. The third-order valence-corrected chi connectivity index (χ3v) is 5.09. The number of hydrogen-bond donors (Lipinski definition) is 2. The monoisotopic (exact) mass is 347 g/mol. The fourth-order valence-electron chi connectivity index (χ4n) is 3.17. The minimum absolute atomic E-state index is 0.00466. The molecular weight excluding hydrogens is 318 g/mol. The molecule has 1 fully saturated rings. The van der Waals surface area contributed by atoms with Crippen molar-refractivity contribution in [1.82, 2.24) is 15.5 Å². The summed E-state index contributed by atoms with van der Waals surface area (Å²) in [5.74, 6) is 0.889. The third-order valence-electron chi connectivity index (χ3n) is 5.09. The number of urea groups is 1. The second kappa shape index (κ2) is 8.74. The van der Waals surface area contributed by atoms with E-state index < -0.39 is 0 Å². The molecule has 1 saturated heterocycles. The number of hydrogen-bond acceptors (Lipinski definition) is 3. The lowest BCUT2D eigenvalue weighted by atomic mass is 9.77. The highest BCUT2D eigenvalue weighted by Gasteiger charge is 2.28. The molecule has 1 heterocycles. The van der Waals surface area contributed by atoms with Crippen molar-refractivity contribution in [2.45, 2.75) is 38.5 Å². The Labute approximate surface area is 149 Å². The van der Waals surface area contributed by atoms with Crippen LogP contribution in [0.4, 0.5) is 4.79 Å². The van der Waals surface area contributed by atoms with Crippen LogP contribution in [0.5, 0.6) is 5.75 Å². The van der Waals surface area contributed by atoms with Crippen molar-refractivity contribution in [1.29, 1.82) is 0 Å². The topological polar surface area (TPSA) is 70.7 Å². The van der Waals surface area contributed by atoms with Gasteiger partial charge < -0.3 is 20.3 Å². The molecule has 0 spiro atoms. The van der Waals surface area contributed by atoms with Gasteiger partial charge in [0.2, 0.25) is 5.91 Å². The van der Waals surface area contributed by atoms with Crippen LogP contribution in [-0.4, -0.2) is 50.1 Å². The van der Waals surface area contributed by atoms with Crippen molar-refractivity contribution in [3.05, 3.63) is 29.8 Å². The molecule has 0 radical (unpaired) electrons. The number of rotatable bonds is 6. The lowest BCUT2D eigenvalue weighted by molar-refractivity contribution is -0.120. The summed E-state index contributed by atoms with van der Waals surface area (Å²) in [6.45, 7) is 6.47. The Balaban J connectivity index is 1.94. The SMILES string of the molecule is CCC(C)(CCNC(=O)N1CCNC(=O)CC1)c1ccccc1OC. The average Bonchev–Trinajstić information content (AvgIpc) is 2.86. The minimum Gasteiger partial charge on any atom is -0.496 e. The van der Waals surface area contributed by atoms with E-state index in [4.69, 9.17) is 4.74 Å². The molecule has 1 aromatic rings. The highest BCUT2D eigenvalue weighted by Crippen LogP contribution is 2.36. The van der Waals surface area contributed by atoms with Crippen LogP contribution in [0, 0.1) is 0 Å². The second-order valence-electron chi connectivity index (χ2n) is 6.68. The molecule has 1 unspecified atom stereocenters. The number of carbonyl (C=O) groups excluding carboxylic acids is 2. The Morgan fingerprint density at radius 2 is 2.12 bits per heavy atom. The van der Waals surface area contributed by atoms with E-state index >= 15 is 0 Å². The zero-order valence-corrected chi connectivity index (χ0v) is 15.4. The van der Waals surface area contributed by atoms with Crippen LogP contribution in [-0.2, 0) is 10.2 Å². The van der Waals surface area contributed by atoms with Crippen LogP contribution < -0.4 is 15.4 Å². The van der Waals surface area contributed by atoms with Gasteiger partial charge in [0.1, 0.15) is 5.75 Å². The van der Waals surface area contributed by atoms with Crippen LogP contribution in [0.1, 0.15) is 38.7 Å². The summed E-state index contributed by atoms with van der Waals surface area (Å²) in [4.78, 5) is 25.4. The summed E-state index contributed by atoms with van der Waals surface area (Å²) in [5.41, 5.74) is 1.09. The zero-order chi connectivity index (χ0) is 18.3. The first-order chi connectivity index (χ1) is 12.0. The summed E-state index contributed by atoms with van der Waals surface area (Å²) < 4.78 is 5.51. The van der Waals surface area contributed by atoms with Crippen molar-refractivity contribution in [2.75, 3.05) is 33.3 Å². The number of benzene rings is 1. The van der Waals surface area contributed by atoms with E-state index in [-0.39, 0.29) is 17.4 Å². The van der Waals surface area contributed by atoms with E-state index in [9.17, 15) is 9.59 Å². The molecule has 6 heteroatoms. The summed E-state index contributed by atoms with van der Waals surface area (Å²) in [7, 11) is 1.69. The molecule has 6 nitrogen and oxygen atoms in total. The van der Waals surface area contributed by atoms with Crippen LogP contribution in [0.2, 0.25) is 0 Å². The maximum absolute atomic E-state index is 12.3. The van der Waals surface area contributed by atoms with Crippen molar-refractivity contribution in [3.8, 4) is 5.75 Å². The Hall–Kier alpha value is -2.24. The lowest BCUT2D eigenvalue weighted by Crippen LogP contribution is -2.43. The van der Waals surface area contributed by atoms with Gasteiger partial charge in [-0.05, 0) is 24.3 Å². The van der Waals surface area contributed by atoms with Crippen LogP contribution in [0.3, 0.4) is 0 Å². The number of amides is 3. The Morgan fingerprint density at radius 1 is 1.36 bits per heavy atom. The van der Waals surface area contributed by atoms with Crippen molar-refractivity contribution in [2.24, 2.45) is 0 Å². The van der Waals surface area contributed by atoms with Gasteiger partial charge in [0.05, 0.1) is 7.11 Å². The second-order valence-corrected chi connectivity index (χ2v) is 6.68. The number of nitrogens with zero attached hydrogens (tertiary/aromatic N) is 1. The molecule has 2 N–H and O–H groups in total. The quantitative estimate of drug-likeness (QED) is 0.829. The molecule has 0 saturated carbocycles. The normalized spacial score (nSPS) is 17.2. The van der Waals surface area contributed by atoms with E-state index in [1.54, 1.807) is 12.0 Å². The van der Waals surface area contributed by atoms with Crippen LogP contribution in [0.15, 0.2) is 24.3 Å². The Bertz CT molecular complexity index is 605. The number of ether oxygens (including phenoxy) is 1. The summed E-state index contributed by atoms with van der Waals surface area (Å²) >= 11 is 0. The van der Waals surface area contributed by atoms with Gasteiger partial charge in [0.15, 0.2) is 0 Å². The smallest absolute Gasteiger partial charge is 0.317 e. The first kappa shape index (κ1) is 19.1. The van der Waals surface area contributed by atoms with Gasteiger partial charge >= 0.3 is 6.03 Å². The molecule has 0 aromatic heterocycles. The number of para-hydroxylation sites is 1. The van der Waals surface area contributed by atoms with Crippen LogP contribution in [0.25, 0.3) is 0 Å². The molecule has 0 bridgehead atoms. The first-order valence-corrected chi connectivity index (χ1v) is 8.93. The maximum Gasteiger partial charge on any atom is 0.317 e. The minimum atomic E-state index is -0.102. The highest BCUT2D eigenvalue weighted by molar-refractivity contribution is 5.79. The molecular formula is C19H29N3O3. The number of methoxy groups -OCH3 is 1. The van der Waals surface area contributed by atoms with Crippen molar-refractivity contribution in [3.63, 3.8) is 0 Å². The molecule has 1 atom stereocenters. The number of nitrogens with one attached hydrogen (secondary N) is 2. The molecule has 1 aliphatic heterocycles. The predicted octanol–water partition coefficient (Wildman–Crippen LogP) is 2.28. The molecule has 2 rings (SSSR count). The lowest BCUT2D eigenvalue weighted by Gasteiger charge is -2.31. The Kier molecular flexibility index (Phi) is 6.67. The first-order valence-electron chi connectivity index (χ1n) is 8.93. The molecule has 3 amide bonds. The summed E-state index contributed by atoms with van der Waals surface area (Å²) in [6.07, 6.45) is 2.13. The zero-order valence-electron chi connectivity index (χ0n) is 15.4. The van der Waals surface area contributed by atoms with Gasteiger partial charge in [-0.15, -0.1) is 0 Å². The van der Waals surface area contributed by atoms with Gasteiger partial charge in [-0.3, -0.25) is 4.79 Å². The van der Waals surface area contributed by atoms with Crippen molar-refractivity contribution < 1.29 is 14.3 Å².